The van der Waals surface area contributed by atoms with Crippen molar-refractivity contribution in [1.29, 1.82) is 0 Å². The number of halogens is 2. The Kier molecular flexibility index (Phi) is 3.84. The van der Waals surface area contributed by atoms with Gasteiger partial charge in [-0.3, -0.25) is 11.3 Å². The molecule has 1 aromatic heterocycles. The molecule has 0 spiro atoms. The summed E-state index contributed by atoms with van der Waals surface area (Å²) in [7, 11) is 0. The molecule has 0 atom stereocenters. The Morgan fingerprint density at radius 1 is 1.09 bits per heavy atom. The molecular formula is C16H14F2N5+. The number of hydrogen-bond acceptors (Lipinski definition) is 1. The van der Waals surface area contributed by atoms with E-state index in [1.54, 1.807) is 12.1 Å². The van der Waals surface area contributed by atoms with Gasteiger partial charge < -0.3 is 4.57 Å². The van der Waals surface area contributed by atoms with E-state index in [4.69, 9.17) is 11.3 Å². The minimum atomic E-state index is -0.851. The number of benzene rings is 2. The SMILES string of the molecule is NN=NC(=[NH2+])c1ccc2c(ccn2Cc2ccc(F)c(F)c2)c1. The second-order valence-corrected chi connectivity index (χ2v) is 5.07. The van der Waals surface area contributed by atoms with Crippen LogP contribution in [0.2, 0.25) is 0 Å². The molecule has 0 aliphatic carbocycles. The van der Waals surface area contributed by atoms with Crippen LogP contribution in [-0.4, -0.2) is 10.4 Å². The fourth-order valence-corrected chi connectivity index (χ4v) is 2.45. The molecule has 116 valence electrons. The van der Waals surface area contributed by atoms with Gasteiger partial charge in [0, 0.05) is 28.9 Å². The number of nitrogens with two attached hydrogens (primary N) is 2. The smallest absolute Gasteiger partial charge is 0.343 e. The lowest BCUT2D eigenvalue weighted by molar-refractivity contribution is -0.114. The minimum Gasteiger partial charge on any atom is -0.343 e. The maximum absolute atomic E-state index is 13.3. The topological polar surface area (TPSA) is 81.3 Å². The van der Waals surface area contributed by atoms with Crippen molar-refractivity contribution in [3.63, 3.8) is 0 Å². The highest BCUT2D eigenvalue weighted by molar-refractivity contribution is 5.98. The summed E-state index contributed by atoms with van der Waals surface area (Å²) in [6.07, 6.45) is 1.87. The fourth-order valence-electron chi connectivity index (χ4n) is 2.45. The fraction of sp³-hybridized carbons (Fsp3) is 0.0625. The largest absolute Gasteiger partial charge is 0.350 e. The second kappa shape index (κ2) is 5.96. The molecule has 23 heavy (non-hydrogen) atoms. The van der Waals surface area contributed by atoms with Crippen LogP contribution in [0.5, 0.6) is 0 Å². The van der Waals surface area contributed by atoms with Crippen molar-refractivity contribution < 1.29 is 14.2 Å². The second-order valence-electron chi connectivity index (χ2n) is 5.07. The molecule has 3 rings (SSSR count). The van der Waals surface area contributed by atoms with Crippen LogP contribution in [0.1, 0.15) is 11.1 Å². The Bertz CT molecular complexity index is 914. The summed E-state index contributed by atoms with van der Waals surface area (Å²) in [5.74, 6) is 3.51. The van der Waals surface area contributed by atoms with Gasteiger partial charge in [-0.2, -0.15) is 0 Å². The molecule has 0 aliphatic rings. The van der Waals surface area contributed by atoms with Gasteiger partial charge in [0.05, 0.1) is 10.7 Å². The molecular weight excluding hydrogens is 300 g/mol. The van der Waals surface area contributed by atoms with Crippen molar-refractivity contribution in [2.45, 2.75) is 6.54 Å². The molecule has 1 heterocycles. The zero-order valence-corrected chi connectivity index (χ0v) is 12.1. The van der Waals surface area contributed by atoms with E-state index < -0.39 is 11.6 Å². The van der Waals surface area contributed by atoms with Gasteiger partial charge >= 0.3 is 5.84 Å². The number of rotatable bonds is 3. The van der Waals surface area contributed by atoms with Gasteiger partial charge in [-0.15, -0.1) is 0 Å². The first kappa shape index (κ1) is 14.8. The predicted molar refractivity (Wildman–Crippen MR) is 82.5 cm³/mol. The van der Waals surface area contributed by atoms with E-state index in [0.29, 0.717) is 17.7 Å². The van der Waals surface area contributed by atoms with Crippen molar-refractivity contribution in [2.75, 3.05) is 0 Å². The third kappa shape index (κ3) is 2.94. The molecule has 0 fully saturated rings. The first-order valence-corrected chi connectivity index (χ1v) is 6.85. The van der Waals surface area contributed by atoms with Crippen molar-refractivity contribution in [1.82, 2.24) is 4.57 Å². The van der Waals surface area contributed by atoms with E-state index in [0.717, 1.165) is 17.0 Å². The van der Waals surface area contributed by atoms with Crippen LogP contribution in [0.25, 0.3) is 10.9 Å². The van der Waals surface area contributed by atoms with Crippen LogP contribution in [0.4, 0.5) is 8.78 Å². The summed E-state index contributed by atoms with van der Waals surface area (Å²) in [6, 6.07) is 11.3. The summed E-state index contributed by atoms with van der Waals surface area (Å²) < 4.78 is 28.2. The van der Waals surface area contributed by atoms with E-state index in [-0.39, 0.29) is 5.84 Å². The lowest BCUT2D eigenvalue weighted by atomic mass is 10.1. The molecule has 5 nitrogen and oxygen atoms in total. The zero-order chi connectivity index (χ0) is 16.4. The number of aromatic nitrogens is 1. The van der Waals surface area contributed by atoms with Crippen LogP contribution in [0.15, 0.2) is 59.0 Å². The van der Waals surface area contributed by atoms with Crippen LogP contribution < -0.4 is 11.3 Å². The summed E-state index contributed by atoms with van der Waals surface area (Å²) >= 11 is 0. The van der Waals surface area contributed by atoms with Crippen molar-refractivity contribution in [2.24, 2.45) is 16.2 Å². The predicted octanol–water partition coefficient (Wildman–Crippen LogP) is 1.80. The molecule has 0 radical (unpaired) electrons. The highest BCUT2D eigenvalue weighted by Gasteiger charge is 2.11. The van der Waals surface area contributed by atoms with E-state index in [1.165, 1.54) is 6.07 Å². The van der Waals surface area contributed by atoms with Gasteiger partial charge in [-0.25, -0.2) is 8.78 Å². The molecule has 0 unspecified atom stereocenters. The average molecular weight is 314 g/mol. The van der Waals surface area contributed by atoms with Gasteiger partial charge in [0.25, 0.3) is 0 Å². The molecule has 4 N–H and O–H groups in total. The number of nitrogens with zero attached hydrogens (tertiary/aromatic N) is 3. The van der Waals surface area contributed by atoms with Crippen LogP contribution in [0.3, 0.4) is 0 Å². The molecule has 0 saturated heterocycles. The summed E-state index contributed by atoms with van der Waals surface area (Å²) in [6.45, 7) is 0.432. The highest BCUT2D eigenvalue weighted by atomic mass is 19.2. The van der Waals surface area contributed by atoms with Gasteiger partial charge in [0.1, 0.15) is 0 Å². The highest BCUT2D eigenvalue weighted by Crippen LogP contribution is 2.20. The third-order valence-electron chi connectivity index (χ3n) is 3.57. The molecule has 0 bridgehead atoms. The minimum absolute atomic E-state index is 0.225. The van der Waals surface area contributed by atoms with E-state index in [1.807, 2.05) is 29.0 Å². The lowest BCUT2D eigenvalue weighted by Gasteiger charge is -2.06. The first-order chi connectivity index (χ1) is 11.1. The number of hydrogen-bond donors (Lipinski definition) is 2. The summed E-state index contributed by atoms with van der Waals surface area (Å²) in [4.78, 5) is 0. The summed E-state index contributed by atoms with van der Waals surface area (Å²) in [5, 5.41) is 13.5. The molecule has 2 aromatic carbocycles. The van der Waals surface area contributed by atoms with Crippen molar-refractivity contribution in [3.8, 4) is 0 Å². The zero-order valence-electron chi connectivity index (χ0n) is 12.1. The van der Waals surface area contributed by atoms with E-state index in [2.05, 4.69) is 10.3 Å². The van der Waals surface area contributed by atoms with Gasteiger partial charge in [0.15, 0.2) is 11.6 Å². The van der Waals surface area contributed by atoms with E-state index in [9.17, 15) is 8.78 Å². The van der Waals surface area contributed by atoms with Crippen LogP contribution in [-0.2, 0) is 6.54 Å². The molecule has 0 aliphatic heterocycles. The molecule has 7 heteroatoms. The van der Waals surface area contributed by atoms with Crippen molar-refractivity contribution in [3.05, 3.63) is 71.4 Å². The Labute approximate surface area is 130 Å². The Balaban J connectivity index is 1.93. The normalized spacial score (nSPS) is 11.4. The van der Waals surface area contributed by atoms with Gasteiger partial charge in [-0.1, -0.05) is 6.07 Å². The standard InChI is InChI=1S/C16H13F2N5/c17-13-3-1-10(7-14(13)18)9-23-6-5-11-8-12(2-4-15(11)23)16(19)21-22-20/h1-8H,9H2,(H3,19,20,21)/p+1. The lowest BCUT2D eigenvalue weighted by Crippen LogP contribution is -2.38. The summed E-state index contributed by atoms with van der Waals surface area (Å²) in [5.41, 5.74) is 2.32. The Morgan fingerprint density at radius 3 is 2.65 bits per heavy atom. The quantitative estimate of drug-likeness (QED) is 0.250. The van der Waals surface area contributed by atoms with Crippen molar-refractivity contribution >= 4 is 16.7 Å². The van der Waals surface area contributed by atoms with E-state index >= 15 is 0 Å². The molecule has 0 saturated carbocycles. The molecule has 3 aromatic rings. The average Bonchev–Trinajstić information content (AvgIpc) is 2.93. The van der Waals surface area contributed by atoms with Crippen LogP contribution in [0, 0.1) is 11.6 Å². The maximum Gasteiger partial charge on any atom is 0.350 e. The molecule has 0 amide bonds. The first-order valence-electron chi connectivity index (χ1n) is 6.85. The number of amidine groups is 1. The Hall–Kier alpha value is -3.09. The van der Waals surface area contributed by atoms with Crippen LogP contribution >= 0.6 is 0 Å². The Morgan fingerprint density at radius 2 is 1.91 bits per heavy atom. The number of fused-ring (bicyclic) bond motifs is 1. The third-order valence-corrected chi connectivity index (χ3v) is 3.57. The van der Waals surface area contributed by atoms with Gasteiger partial charge in [-0.05, 0) is 42.0 Å². The maximum atomic E-state index is 13.3. The monoisotopic (exact) mass is 314 g/mol. The van der Waals surface area contributed by atoms with Gasteiger partial charge in [0.2, 0.25) is 0 Å².